The fraction of sp³-hybridized carbons (Fsp3) is 0.600. The van der Waals surface area contributed by atoms with Crippen molar-refractivity contribution in [3.63, 3.8) is 0 Å². The molecule has 0 unspecified atom stereocenters. The van der Waals surface area contributed by atoms with Crippen molar-refractivity contribution in [1.29, 1.82) is 0 Å². The molecule has 0 radical (unpaired) electrons. The summed E-state index contributed by atoms with van der Waals surface area (Å²) in [4.78, 5) is 25.8. The second-order valence-electron chi connectivity index (χ2n) is 10.5. The van der Waals surface area contributed by atoms with Crippen LogP contribution < -0.4 is 10.6 Å². The van der Waals surface area contributed by atoms with Gasteiger partial charge in [0.15, 0.2) is 46.4 Å². The maximum atomic E-state index is 10.4. The van der Waals surface area contributed by atoms with E-state index in [0.29, 0.717) is 47.1 Å². The van der Waals surface area contributed by atoms with E-state index >= 15 is 0 Å². The van der Waals surface area contributed by atoms with E-state index in [1.54, 1.807) is 0 Å². The van der Waals surface area contributed by atoms with Crippen molar-refractivity contribution >= 4 is 34.0 Å². The molecule has 0 spiro atoms. The Hall–Kier alpha value is -3.62. The van der Waals surface area contributed by atoms with E-state index < -0.39 is 62.3 Å². The van der Waals surface area contributed by atoms with Crippen molar-refractivity contribution < 1.29 is 40.1 Å². The number of hydrogen-bond acceptors (Lipinski definition) is 16. The summed E-state index contributed by atoms with van der Waals surface area (Å²) in [6.45, 7) is 0.399. The van der Waals surface area contributed by atoms with Crippen LogP contribution in [0.25, 0.3) is 22.3 Å². The van der Waals surface area contributed by atoms with Crippen molar-refractivity contribution in [3.05, 3.63) is 25.3 Å². The Morgan fingerprint density at radius 1 is 0.605 bits per heavy atom. The second-order valence-corrected chi connectivity index (χ2v) is 10.5. The van der Waals surface area contributed by atoms with Gasteiger partial charge in [0.1, 0.15) is 49.3 Å². The third-order valence-electron chi connectivity index (χ3n) is 7.74. The number of hydrogen-bond donors (Lipinski definition) is 8. The van der Waals surface area contributed by atoms with Crippen LogP contribution in [-0.2, 0) is 9.47 Å². The molecule has 8 atom stereocenters. The van der Waals surface area contributed by atoms with Crippen LogP contribution in [0.4, 0.5) is 11.6 Å². The SMILES string of the molecule is OC[C@H]1O[C@@H](n2cnc3c(NCCCCCNc4ncnc5c4ncn5[C@@H]4O[C@H](CO)[C@@H](O)[C@H]4O)ncnc32)[C@H](O)[C@@H]1O. The summed E-state index contributed by atoms with van der Waals surface area (Å²) in [5.41, 5.74) is 1.83. The lowest BCUT2D eigenvalue weighted by atomic mass is 10.1. The van der Waals surface area contributed by atoms with Gasteiger partial charge in [-0.2, -0.15) is 0 Å². The van der Waals surface area contributed by atoms with Gasteiger partial charge >= 0.3 is 0 Å². The first-order chi connectivity index (χ1) is 20.9. The summed E-state index contributed by atoms with van der Waals surface area (Å²) in [5, 5.41) is 66.2. The van der Waals surface area contributed by atoms with Crippen LogP contribution in [-0.4, -0.2) is 133 Å². The van der Waals surface area contributed by atoms with Crippen LogP contribution in [0.5, 0.6) is 0 Å². The number of imidazole rings is 2. The smallest absolute Gasteiger partial charge is 0.167 e. The Kier molecular flexibility index (Phi) is 8.59. The van der Waals surface area contributed by atoms with Gasteiger partial charge in [0, 0.05) is 13.1 Å². The number of aliphatic hydroxyl groups is 6. The third kappa shape index (κ3) is 5.47. The van der Waals surface area contributed by atoms with Gasteiger partial charge < -0.3 is 50.7 Å². The highest BCUT2D eigenvalue weighted by atomic mass is 16.6. The predicted molar refractivity (Wildman–Crippen MR) is 147 cm³/mol. The monoisotopic (exact) mass is 602 g/mol. The Bertz CT molecular complexity index is 1420. The number of nitrogens with one attached hydrogen (secondary N) is 2. The molecule has 0 aromatic carbocycles. The summed E-state index contributed by atoms with van der Waals surface area (Å²) < 4.78 is 14.2. The normalized spacial score (nSPS) is 29.2. The number of rotatable bonds is 12. The minimum absolute atomic E-state index is 0.425. The summed E-state index contributed by atoms with van der Waals surface area (Å²) >= 11 is 0. The standard InChI is InChI=1S/C25H34N10O8/c36-6-12-16(38)18(40)24(42-12)34-10-32-14-20(28-8-30-22(14)34)26-4-2-1-3-5-27-21-15-23(31-9-29-21)35(11-33-15)25-19(41)17(39)13(7-37)43-25/h8-13,16-19,24-25,36-41H,1-7H2,(H,26,28,30)(H,27,29,31)/t12-,13-,16-,17-,18-,19-,24-,25-/m1/s1. The first-order valence-electron chi connectivity index (χ1n) is 14.0. The Morgan fingerprint density at radius 3 is 1.44 bits per heavy atom. The highest BCUT2D eigenvalue weighted by Gasteiger charge is 2.45. The summed E-state index contributed by atoms with van der Waals surface area (Å²) in [5.74, 6) is 1.06. The molecule has 0 amide bonds. The van der Waals surface area contributed by atoms with Crippen LogP contribution in [0, 0.1) is 0 Å². The molecule has 4 aromatic heterocycles. The van der Waals surface area contributed by atoms with Crippen LogP contribution >= 0.6 is 0 Å². The molecule has 0 aliphatic carbocycles. The minimum Gasteiger partial charge on any atom is -0.394 e. The molecule has 43 heavy (non-hydrogen) atoms. The molecule has 6 rings (SSSR count). The molecule has 4 aromatic rings. The largest absolute Gasteiger partial charge is 0.394 e. The lowest BCUT2D eigenvalue weighted by molar-refractivity contribution is -0.0511. The van der Waals surface area contributed by atoms with Gasteiger partial charge in [-0.3, -0.25) is 9.13 Å². The van der Waals surface area contributed by atoms with Gasteiger partial charge in [-0.05, 0) is 19.3 Å². The topological polar surface area (TPSA) is 251 Å². The number of unbranched alkanes of at least 4 members (excludes halogenated alkanes) is 2. The zero-order valence-corrected chi connectivity index (χ0v) is 23.0. The quantitative estimate of drug-likeness (QED) is 0.0807. The molecule has 8 N–H and O–H groups in total. The number of aromatic nitrogens is 8. The molecule has 2 saturated heterocycles. The lowest BCUT2D eigenvalue weighted by Gasteiger charge is -2.16. The van der Waals surface area contributed by atoms with E-state index in [4.69, 9.17) is 9.47 Å². The molecule has 0 saturated carbocycles. The molecule has 2 aliphatic rings. The van der Waals surface area contributed by atoms with Crippen molar-refractivity contribution in [2.24, 2.45) is 0 Å². The maximum absolute atomic E-state index is 10.4. The summed E-state index contributed by atoms with van der Waals surface area (Å²) in [6, 6.07) is 0. The summed E-state index contributed by atoms with van der Waals surface area (Å²) in [7, 11) is 0. The van der Waals surface area contributed by atoms with Crippen molar-refractivity contribution in [2.45, 2.75) is 68.3 Å². The van der Waals surface area contributed by atoms with E-state index in [1.165, 1.54) is 34.4 Å². The van der Waals surface area contributed by atoms with Gasteiger partial charge in [0.25, 0.3) is 0 Å². The Balaban J connectivity index is 0.995. The zero-order valence-electron chi connectivity index (χ0n) is 23.0. The number of fused-ring (bicyclic) bond motifs is 2. The highest BCUT2D eigenvalue weighted by molar-refractivity contribution is 5.83. The molecule has 232 valence electrons. The molecule has 0 bridgehead atoms. The highest BCUT2D eigenvalue weighted by Crippen LogP contribution is 2.33. The molecule has 18 nitrogen and oxygen atoms in total. The van der Waals surface area contributed by atoms with E-state index in [1.807, 2.05) is 0 Å². The summed E-state index contributed by atoms with van der Waals surface area (Å²) in [6.07, 6.45) is -0.389. The second kappa shape index (κ2) is 12.5. The van der Waals surface area contributed by atoms with Gasteiger partial charge in [-0.25, -0.2) is 29.9 Å². The van der Waals surface area contributed by atoms with Crippen LogP contribution in [0.3, 0.4) is 0 Å². The van der Waals surface area contributed by atoms with Gasteiger partial charge in [-0.15, -0.1) is 0 Å². The lowest BCUT2D eigenvalue weighted by Crippen LogP contribution is -2.33. The van der Waals surface area contributed by atoms with Gasteiger partial charge in [0.2, 0.25) is 0 Å². The molecular formula is C25H34N10O8. The molecule has 18 heteroatoms. The van der Waals surface area contributed by atoms with Crippen LogP contribution in [0.2, 0.25) is 0 Å². The molecule has 6 heterocycles. The average molecular weight is 603 g/mol. The number of aliphatic hydroxyl groups excluding tert-OH is 6. The fourth-order valence-corrected chi connectivity index (χ4v) is 5.40. The Morgan fingerprint density at radius 2 is 1.05 bits per heavy atom. The maximum Gasteiger partial charge on any atom is 0.167 e. The van der Waals surface area contributed by atoms with E-state index in [2.05, 4.69) is 40.5 Å². The number of anilines is 2. The molecule has 2 aliphatic heterocycles. The van der Waals surface area contributed by atoms with E-state index in [0.717, 1.165) is 19.3 Å². The predicted octanol–water partition coefficient (Wildman–Crippen LogP) is -2.12. The average Bonchev–Trinajstić information content (AvgIpc) is 3.78. The van der Waals surface area contributed by atoms with Crippen molar-refractivity contribution in [1.82, 2.24) is 39.0 Å². The zero-order chi connectivity index (χ0) is 30.1. The molecule has 2 fully saturated rings. The van der Waals surface area contributed by atoms with E-state index in [9.17, 15) is 30.6 Å². The number of ether oxygens (including phenoxy) is 2. The first kappa shape index (κ1) is 29.5. The van der Waals surface area contributed by atoms with Crippen molar-refractivity contribution in [2.75, 3.05) is 36.9 Å². The first-order valence-corrected chi connectivity index (χ1v) is 14.0. The number of nitrogens with zero attached hydrogens (tertiary/aromatic N) is 8. The van der Waals surface area contributed by atoms with Crippen LogP contribution in [0.1, 0.15) is 31.7 Å². The fourth-order valence-electron chi connectivity index (χ4n) is 5.40. The van der Waals surface area contributed by atoms with E-state index in [-0.39, 0.29) is 0 Å². The van der Waals surface area contributed by atoms with Crippen LogP contribution in [0.15, 0.2) is 25.3 Å². The van der Waals surface area contributed by atoms with Gasteiger partial charge in [0.05, 0.1) is 25.9 Å². The van der Waals surface area contributed by atoms with Crippen molar-refractivity contribution in [3.8, 4) is 0 Å². The minimum atomic E-state index is -1.24. The molecular weight excluding hydrogens is 568 g/mol. The third-order valence-corrected chi connectivity index (χ3v) is 7.74. The Labute approximate surface area is 244 Å². The van der Waals surface area contributed by atoms with Gasteiger partial charge in [-0.1, -0.05) is 0 Å².